The second-order valence-corrected chi connectivity index (χ2v) is 4.93. The number of likely N-dealkylation sites (N-methyl/N-ethyl adjacent to an activating group) is 1. The Labute approximate surface area is 107 Å². The van der Waals surface area contributed by atoms with Crippen LogP contribution in [-0.4, -0.2) is 30.2 Å². The van der Waals surface area contributed by atoms with Crippen LogP contribution in [0.25, 0.3) is 0 Å². The Kier molecular flexibility index (Phi) is 4.83. The molecule has 1 rings (SSSR count). The van der Waals surface area contributed by atoms with Crippen LogP contribution in [-0.2, 0) is 9.53 Å². The molecule has 18 heavy (non-hydrogen) atoms. The van der Waals surface area contributed by atoms with Crippen LogP contribution in [0.15, 0.2) is 40.7 Å². The van der Waals surface area contributed by atoms with Gasteiger partial charge in [-0.1, -0.05) is 23.4 Å². The normalized spacial score (nSPS) is 11.6. The summed E-state index contributed by atoms with van der Waals surface area (Å²) in [6, 6.07) is 9.34. The second kappa shape index (κ2) is 6.14. The van der Waals surface area contributed by atoms with Crippen LogP contribution in [0.5, 0.6) is 0 Å². The van der Waals surface area contributed by atoms with E-state index in [0.29, 0.717) is 0 Å². The van der Waals surface area contributed by atoms with Gasteiger partial charge >= 0.3 is 5.97 Å². The van der Waals surface area contributed by atoms with Gasteiger partial charge in [-0.05, 0) is 32.9 Å². The van der Waals surface area contributed by atoms with E-state index < -0.39 is 5.60 Å². The van der Waals surface area contributed by atoms with Crippen LogP contribution in [0, 0.1) is 0 Å². The molecule has 1 aromatic rings. The summed E-state index contributed by atoms with van der Waals surface area (Å²) in [4.78, 5) is 11.5. The summed E-state index contributed by atoms with van der Waals surface area (Å²) in [5.74, 6) is -0.322. The number of nitrogens with zero attached hydrogens (tertiary/aromatic N) is 3. The third kappa shape index (κ3) is 5.98. The molecule has 0 aromatic heterocycles. The van der Waals surface area contributed by atoms with Gasteiger partial charge < -0.3 is 4.74 Å². The van der Waals surface area contributed by atoms with Crippen molar-refractivity contribution in [3.8, 4) is 0 Å². The highest BCUT2D eigenvalue weighted by molar-refractivity contribution is 5.72. The third-order valence-corrected chi connectivity index (χ3v) is 1.85. The Balaban J connectivity index is 2.45. The van der Waals surface area contributed by atoms with Gasteiger partial charge in [-0.2, -0.15) is 0 Å². The minimum absolute atomic E-state index is 0.0770. The molecule has 0 aliphatic rings. The largest absolute Gasteiger partial charge is 0.459 e. The summed E-state index contributed by atoms with van der Waals surface area (Å²) in [5.41, 5.74) is 0.266. The first-order valence-corrected chi connectivity index (χ1v) is 5.76. The van der Waals surface area contributed by atoms with Crippen LogP contribution in [0.2, 0.25) is 0 Å². The Morgan fingerprint density at radius 2 is 1.89 bits per heavy atom. The molecule has 98 valence electrons. The van der Waals surface area contributed by atoms with Gasteiger partial charge in [0.25, 0.3) is 0 Å². The van der Waals surface area contributed by atoms with Gasteiger partial charge in [0.15, 0.2) is 0 Å². The summed E-state index contributed by atoms with van der Waals surface area (Å²) in [5, 5.41) is 9.37. The fourth-order valence-corrected chi connectivity index (χ4v) is 1.21. The second-order valence-electron chi connectivity index (χ2n) is 4.93. The Morgan fingerprint density at radius 1 is 1.28 bits per heavy atom. The monoisotopic (exact) mass is 249 g/mol. The van der Waals surface area contributed by atoms with Gasteiger partial charge in [0.1, 0.15) is 12.1 Å². The third-order valence-electron chi connectivity index (χ3n) is 1.85. The molecular formula is C13H19N3O2. The van der Waals surface area contributed by atoms with E-state index in [1.807, 2.05) is 51.1 Å². The van der Waals surface area contributed by atoms with E-state index in [0.717, 1.165) is 5.69 Å². The molecule has 0 saturated carbocycles. The highest BCUT2D eigenvalue weighted by atomic mass is 16.6. The van der Waals surface area contributed by atoms with Gasteiger partial charge in [-0.25, -0.2) is 0 Å². The molecule has 5 heteroatoms. The molecule has 5 nitrogen and oxygen atoms in total. The fourth-order valence-electron chi connectivity index (χ4n) is 1.21. The number of carbonyl (C=O) groups is 1. The first kappa shape index (κ1) is 14.2. The van der Waals surface area contributed by atoms with E-state index in [1.165, 1.54) is 5.01 Å². The van der Waals surface area contributed by atoms with Crippen LogP contribution < -0.4 is 0 Å². The number of ether oxygens (including phenoxy) is 1. The summed E-state index contributed by atoms with van der Waals surface area (Å²) < 4.78 is 5.18. The SMILES string of the molecule is CN(CC(=O)OC(C)(C)C)N=Nc1ccccc1. The average molecular weight is 249 g/mol. The van der Waals surface area contributed by atoms with Crippen molar-refractivity contribution in [3.63, 3.8) is 0 Å². The smallest absolute Gasteiger partial charge is 0.327 e. The van der Waals surface area contributed by atoms with E-state index in [2.05, 4.69) is 10.3 Å². The van der Waals surface area contributed by atoms with Crippen molar-refractivity contribution >= 4 is 11.7 Å². The molecular weight excluding hydrogens is 230 g/mol. The van der Waals surface area contributed by atoms with Gasteiger partial charge in [0.2, 0.25) is 0 Å². The lowest BCUT2D eigenvalue weighted by Crippen LogP contribution is -2.30. The molecule has 0 heterocycles. The van der Waals surface area contributed by atoms with Crippen molar-refractivity contribution in [1.29, 1.82) is 0 Å². The van der Waals surface area contributed by atoms with Gasteiger partial charge in [0.05, 0.1) is 5.69 Å². The van der Waals surface area contributed by atoms with Crippen molar-refractivity contribution in [2.45, 2.75) is 26.4 Å². The molecule has 0 unspecified atom stereocenters. The number of hydrogen-bond donors (Lipinski definition) is 0. The van der Waals surface area contributed by atoms with Crippen molar-refractivity contribution in [2.75, 3.05) is 13.6 Å². The van der Waals surface area contributed by atoms with Gasteiger partial charge in [-0.3, -0.25) is 9.80 Å². The van der Waals surface area contributed by atoms with Crippen molar-refractivity contribution < 1.29 is 9.53 Å². The van der Waals surface area contributed by atoms with E-state index in [4.69, 9.17) is 4.74 Å². The summed E-state index contributed by atoms with van der Waals surface area (Å²) in [6.45, 7) is 5.57. The van der Waals surface area contributed by atoms with Gasteiger partial charge in [0, 0.05) is 7.05 Å². The lowest BCUT2D eigenvalue weighted by Gasteiger charge is -2.20. The first-order valence-electron chi connectivity index (χ1n) is 5.76. The minimum Gasteiger partial charge on any atom is -0.459 e. The fraction of sp³-hybridized carbons (Fsp3) is 0.462. The maximum atomic E-state index is 11.5. The number of hydrogen-bond acceptors (Lipinski definition) is 4. The minimum atomic E-state index is -0.478. The lowest BCUT2D eigenvalue weighted by atomic mass is 10.2. The topological polar surface area (TPSA) is 54.3 Å². The first-order chi connectivity index (χ1) is 8.37. The summed E-state index contributed by atoms with van der Waals surface area (Å²) in [6.07, 6.45) is 0. The Hall–Kier alpha value is -1.91. The molecule has 0 radical (unpaired) electrons. The van der Waals surface area contributed by atoms with Crippen LogP contribution in [0.3, 0.4) is 0 Å². The Bertz CT molecular complexity index is 410. The lowest BCUT2D eigenvalue weighted by molar-refractivity contribution is -0.155. The number of benzene rings is 1. The zero-order valence-electron chi connectivity index (χ0n) is 11.3. The molecule has 0 N–H and O–H groups in total. The summed E-state index contributed by atoms with van der Waals surface area (Å²) in [7, 11) is 1.68. The van der Waals surface area contributed by atoms with Gasteiger partial charge in [-0.15, -0.1) is 5.11 Å². The van der Waals surface area contributed by atoms with E-state index in [9.17, 15) is 4.79 Å². The quantitative estimate of drug-likeness (QED) is 0.468. The standard InChI is InChI=1S/C13H19N3O2/c1-13(2,3)18-12(17)10-16(4)15-14-11-8-6-5-7-9-11/h5-9H,10H2,1-4H3. The highest BCUT2D eigenvalue weighted by Crippen LogP contribution is 2.11. The maximum absolute atomic E-state index is 11.5. The van der Waals surface area contributed by atoms with Crippen LogP contribution in [0.1, 0.15) is 20.8 Å². The Morgan fingerprint density at radius 3 is 2.44 bits per heavy atom. The van der Waals surface area contributed by atoms with E-state index >= 15 is 0 Å². The summed E-state index contributed by atoms with van der Waals surface area (Å²) >= 11 is 0. The number of carbonyl (C=O) groups excluding carboxylic acids is 1. The molecule has 0 atom stereocenters. The average Bonchev–Trinajstić information content (AvgIpc) is 2.25. The molecule has 0 amide bonds. The molecule has 0 aliphatic heterocycles. The number of esters is 1. The molecule has 0 saturated heterocycles. The molecule has 0 spiro atoms. The number of rotatable bonds is 4. The van der Waals surface area contributed by atoms with E-state index in [1.54, 1.807) is 7.05 Å². The van der Waals surface area contributed by atoms with Crippen LogP contribution in [0.4, 0.5) is 5.69 Å². The predicted octanol–water partition coefficient (Wildman–Crippen LogP) is 2.96. The zero-order valence-corrected chi connectivity index (χ0v) is 11.3. The van der Waals surface area contributed by atoms with Crippen molar-refractivity contribution in [3.05, 3.63) is 30.3 Å². The predicted molar refractivity (Wildman–Crippen MR) is 69.4 cm³/mol. The van der Waals surface area contributed by atoms with Crippen molar-refractivity contribution in [2.24, 2.45) is 10.3 Å². The van der Waals surface area contributed by atoms with Crippen molar-refractivity contribution in [1.82, 2.24) is 5.01 Å². The highest BCUT2D eigenvalue weighted by Gasteiger charge is 2.17. The zero-order chi connectivity index (χ0) is 13.6. The maximum Gasteiger partial charge on any atom is 0.327 e. The molecule has 0 fully saturated rings. The van der Waals surface area contributed by atoms with E-state index in [-0.39, 0.29) is 12.5 Å². The molecule has 0 aliphatic carbocycles. The molecule has 0 bridgehead atoms. The molecule has 1 aromatic carbocycles. The van der Waals surface area contributed by atoms with Crippen LogP contribution >= 0.6 is 0 Å².